The van der Waals surface area contributed by atoms with Gasteiger partial charge in [0.05, 0.1) is 6.04 Å². The van der Waals surface area contributed by atoms with Gasteiger partial charge in [-0.15, -0.1) is 0 Å². The van der Waals surface area contributed by atoms with E-state index in [1.807, 2.05) is 60.7 Å². The van der Waals surface area contributed by atoms with Gasteiger partial charge in [0.25, 0.3) is 5.91 Å². The van der Waals surface area contributed by atoms with Crippen molar-refractivity contribution in [2.75, 3.05) is 0 Å². The van der Waals surface area contributed by atoms with E-state index in [4.69, 9.17) is 11.6 Å². The van der Waals surface area contributed by atoms with E-state index < -0.39 is 0 Å². The standard InChI is InChI=1S/C17H16ClN3O/c1-11-4-3-5-16-20-15(10-21(11)16)17(22)19-12(2)13-6-8-14(18)9-7-13/h3-10,12H,1-2H3,(H,19,22). The summed E-state index contributed by atoms with van der Waals surface area (Å²) in [6, 6.07) is 13.1. The summed E-state index contributed by atoms with van der Waals surface area (Å²) in [4.78, 5) is 16.7. The SMILES string of the molecule is Cc1cccc2nc(C(=O)NC(C)c3ccc(Cl)cc3)cn12. The summed E-state index contributed by atoms with van der Waals surface area (Å²) in [5.74, 6) is -0.189. The summed E-state index contributed by atoms with van der Waals surface area (Å²) in [7, 11) is 0. The molecule has 1 aromatic carbocycles. The number of pyridine rings is 1. The van der Waals surface area contributed by atoms with Crippen LogP contribution in [0.4, 0.5) is 0 Å². The lowest BCUT2D eigenvalue weighted by Crippen LogP contribution is -2.26. The van der Waals surface area contributed by atoms with Crippen LogP contribution in [0.1, 0.15) is 34.7 Å². The lowest BCUT2D eigenvalue weighted by molar-refractivity contribution is 0.0935. The number of nitrogens with zero attached hydrogens (tertiary/aromatic N) is 2. The van der Waals surface area contributed by atoms with Gasteiger partial charge in [0, 0.05) is 16.9 Å². The first-order valence-electron chi connectivity index (χ1n) is 7.05. The molecular weight excluding hydrogens is 298 g/mol. The molecule has 0 aliphatic heterocycles. The number of imidazole rings is 1. The third-order valence-electron chi connectivity index (χ3n) is 3.65. The molecule has 1 atom stereocenters. The van der Waals surface area contributed by atoms with Crippen LogP contribution in [0.5, 0.6) is 0 Å². The molecule has 3 rings (SSSR count). The van der Waals surface area contributed by atoms with Gasteiger partial charge in [-0.2, -0.15) is 0 Å². The average Bonchev–Trinajstić information content (AvgIpc) is 2.93. The zero-order chi connectivity index (χ0) is 15.7. The first-order chi connectivity index (χ1) is 10.5. The lowest BCUT2D eigenvalue weighted by atomic mass is 10.1. The molecule has 2 heterocycles. The molecule has 0 aliphatic rings. The molecule has 1 N–H and O–H groups in total. The minimum Gasteiger partial charge on any atom is -0.344 e. The Bertz CT molecular complexity index is 824. The highest BCUT2D eigenvalue weighted by Crippen LogP contribution is 2.17. The van der Waals surface area contributed by atoms with Crippen molar-refractivity contribution < 1.29 is 4.79 Å². The molecule has 0 aliphatic carbocycles. The molecule has 0 radical (unpaired) electrons. The highest BCUT2D eigenvalue weighted by molar-refractivity contribution is 6.30. The second-order valence-corrected chi connectivity index (χ2v) is 5.70. The van der Waals surface area contributed by atoms with Crippen LogP contribution in [0.2, 0.25) is 5.02 Å². The summed E-state index contributed by atoms with van der Waals surface area (Å²) in [6.45, 7) is 3.91. The van der Waals surface area contributed by atoms with Crippen LogP contribution in [0.25, 0.3) is 5.65 Å². The zero-order valence-corrected chi connectivity index (χ0v) is 13.1. The van der Waals surface area contributed by atoms with Crippen molar-refractivity contribution in [3.8, 4) is 0 Å². The molecule has 1 amide bonds. The second-order valence-electron chi connectivity index (χ2n) is 5.27. The molecule has 0 saturated heterocycles. The molecule has 0 spiro atoms. The topological polar surface area (TPSA) is 46.4 Å². The van der Waals surface area contributed by atoms with Crippen LogP contribution in [0.15, 0.2) is 48.7 Å². The summed E-state index contributed by atoms with van der Waals surface area (Å²) >= 11 is 5.88. The number of hydrogen-bond donors (Lipinski definition) is 1. The molecule has 1 unspecified atom stereocenters. The van der Waals surface area contributed by atoms with Crippen LogP contribution in [-0.2, 0) is 0 Å². The summed E-state index contributed by atoms with van der Waals surface area (Å²) in [5, 5.41) is 3.63. The van der Waals surface area contributed by atoms with E-state index in [1.54, 1.807) is 6.20 Å². The van der Waals surface area contributed by atoms with Gasteiger partial charge in [-0.3, -0.25) is 4.79 Å². The Labute approximate surface area is 133 Å². The number of carbonyl (C=O) groups is 1. The second kappa shape index (κ2) is 5.81. The van der Waals surface area contributed by atoms with Gasteiger partial charge in [-0.05, 0) is 43.7 Å². The van der Waals surface area contributed by atoms with Gasteiger partial charge in [-0.25, -0.2) is 4.98 Å². The first kappa shape index (κ1) is 14.6. The zero-order valence-electron chi connectivity index (χ0n) is 12.4. The van der Waals surface area contributed by atoms with Crippen molar-refractivity contribution in [3.05, 3.63) is 70.6 Å². The Hall–Kier alpha value is -2.33. The van der Waals surface area contributed by atoms with Crippen LogP contribution in [0, 0.1) is 6.92 Å². The molecule has 3 aromatic rings. The normalized spacial score (nSPS) is 12.3. The number of aromatic nitrogens is 2. The Morgan fingerprint density at radius 2 is 1.95 bits per heavy atom. The monoisotopic (exact) mass is 313 g/mol. The Balaban J connectivity index is 1.80. The minimum absolute atomic E-state index is 0.115. The van der Waals surface area contributed by atoms with Crippen molar-refractivity contribution in [1.29, 1.82) is 0 Å². The fourth-order valence-corrected chi connectivity index (χ4v) is 2.49. The average molecular weight is 314 g/mol. The Kier molecular flexibility index (Phi) is 3.86. The van der Waals surface area contributed by atoms with Crippen molar-refractivity contribution in [2.45, 2.75) is 19.9 Å². The van der Waals surface area contributed by atoms with Crippen molar-refractivity contribution in [2.24, 2.45) is 0 Å². The van der Waals surface area contributed by atoms with E-state index in [0.717, 1.165) is 16.9 Å². The van der Waals surface area contributed by atoms with Gasteiger partial charge in [-0.1, -0.05) is 29.8 Å². The van der Waals surface area contributed by atoms with E-state index in [1.165, 1.54) is 0 Å². The van der Waals surface area contributed by atoms with Gasteiger partial charge in [0.1, 0.15) is 11.3 Å². The molecule has 2 aromatic heterocycles. The van der Waals surface area contributed by atoms with E-state index in [0.29, 0.717) is 10.7 Å². The number of aryl methyl sites for hydroxylation is 1. The quantitative estimate of drug-likeness (QED) is 0.799. The number of carbonyl (C=O) groups excluding carboxylic acids is 1. The predicted octanol–water partition coefficient (Wildman–Crippen LogP) is 3.79. The fourth-order valence-electron chi connectivity index (χ4n) is 2.36. The molecule has 5 heteroatoms. The Morgan fingerprint density at radius 1 is 1.23 bits per heavy atom. The largest absolute Gasteiger partial charge is 0.344 e. The number of amides is 1. The van der Waals surface area contributed by atoms with Gasteiger partial charge >= 0.3 is 0 Å². The lowest BCUT2D eigenvalue weighted by Gasteiger charge is -2.13. The van der Waals surface area contributed by atoms with Crippen LogP contribution < -0.4 is 5.32 Å². The molecule has 0 saturated carbocycles. The predicted molar refractivity (Wildman–Crippen MR) is 87.3 cm³/mol. The number of hydrogen-bond acceptors (Lipinski definition) is 2. The fraction of sp³-hybridized carbons (Fsp3) is 0.176. The Morgan fingerprint density at radius 3 is 2.64 bits per heavy atom. The van der Waals surface area contributed by atoms with Gasteiger partial charge in [0.15, 0.2) is 0 Å². The van der Waals surface area contributed by atoms with E-state index in [-0.39, 0.29) is 11.9 Å². The maximum Gasteiger partial charge on any atom is 0.271 e. The van der Waals surface area contributed by atoms with Crippen LogP contribution in [-0.4, -0.2) is 15.3 Å². The van der Waals surface area contributed by atoms with Crippen molar-refractivity contribution in [3.63, 3.8) is 0 Å². The maximum absolute atomic E-state index is 12.4. The maximum atomic E-state index is 12.4. The number of rotatable bonds is 3. The minimum atomic E-state index is -0.189. The van der Waals surface area contributed by atoms with Gasteiger partial charge < -0.3 is 9.72 Å². The van der Waals surface area contributed by atoms with E-state index in [9.17, 15) is 4.79 Å². The summed E-state index contributed by atoms with van der Waals surface area (Å²) in [5.41, 5.74) is 3.21. The number of halogens is 1. The molecule has 0 fully saturated rings. The summed E-state index contributed by atoms with van der Waals surface area (Å²) in [6.07, 6.45) is 1.76. The third-order valence-corrected chi connectivity index (χ3v) is 3.90. The highest BCUT2D eigenvalue weighted by atomic mass is 35.5. The highest BCUT2D eigenvalue weighted by Gasteiger charge is 2.15. The molecule has 22 heavy (non-hydrogen) atoms. The molecule has 4 nitrogen and oxygen atoms in total. The van der Waals surface area contributed by atoms with Crippen LogP contribution in [0.3, 0.4) is 0 Å². The summed E-state index contributed by atoms with van der Waals surface area (Å²) < 4.78 is 1.90. The van der Waals surface area contributed by atoms with E-state index in [2.05, 4.69) is 10.3 Å². The number of fused-ring (bicyclic) bond motifs is 1. The van der Waals surface area contributed by atoms with Crippen molar-refractivity contribution in [1.82, 2.24) is 14.7 Å². The molecule has 112 valence electrons. The number of benzene rings is 1. The third kappa shape index (κ3) is 2.83. The van der Waals surface area contributed by atoms with Gasteiger partial charge in [0.2, 0.25) is 0 Å². The van der Waals surface area contributed by atoms with Crippen molar-refractivity contribution >= 4 is 23.2 Å². The molecular formula is C17H16ClN3O. The molecule has 0 bridgehead atoms. The first-order valence-corrected chi connectivity index (χ1v) is 7.43. The van der Waals surface area contributed by atoms with Crippen LogP contribution >= 0.6 is 11.6 Å². The van der Waals surface area contributed by atoms with E-state index >= 15 is 0 Å². The number of nitrogens with one attached hydrogen (secondary N) is 1. The smallest absolute Gasteiger partial charge is 0.271 e.